The van der Waals surface area contributed by atoms with Gasteiger partial charge in [0.25, 0.3) is 0 Å². The van der Waals surface area contributed by atoms with Crippen molar-refractivity contribution in [2.75, 3.05) is 7.11 Å². The van der Waals surface area contributed by atoms with Gasteiger partial charge in [-0.1, -0.05) is 13.0 Å². The van der Waals surface area contributed by atoms with Crippen LogP contribution in [0.15, 0.2) is 24.4 Å². The monoisotopic (exact) mass is 188 g/mol. The molecular formula is C11H12N2O. The van der Waals surface area contributed by atoms with Gasteiger partial charge in [0.1, 0.15) is 5.52 Å². The van der Waals surface area contributed by atoms with Crippen molar-refractivity contribution in [3.63, 3.8) is 0 Å². The number of methoxy groups -OCH3 is 1. The second-order valence-electron chi connectivity index (χ2n) is 3.05. The maximum Gasteiger partial charge on any atom is 0.240 e. The van der Waals surface area contributed by atoms with Gasteiger partial charge < -0.3 is 4.74 Å². The molecular weight excluding hydrogens is 176 g/mol. The van der Waals surface area contributed by atoms with E-state index >= 15 is 0 Å². The van der Waals surface area contributed by atoms with Gasteiger partial charge in [-0.05, 0) is 18.6 Å². The molecule has 0 amide bonds. The molecule has 0 aliphatic heterocycles. The van der Waals surface area contributed by atoms with Gasteiger partial charge in [0, 0.05) is 17.3 Å². The molecule has 3 nitrogen and oxygen atoms in total. The van der Waals surface area contributed by atoms with Crippen LogP contribution in [0.5, 0.6) is 5.88 Å². The highest BCUT2D eigenvalue weighted by atomic mass is 16.5. The molecule has 0 fully saturated rings. The molecule has 3 heteroatoms. The average Bonchev–Trinajstić information content (AvgIpc) is 2.27. The Labute approximate surface area is 82.8 Å². The number of aromatic nitrogens is 2. The Morgan fingerprint density at radius 3 is 3.00 bits per heavy atom. The highest BCUT2D eigenvalue weighted by molar-refractivity contribution is 5.83. The molecule has 0 aliphatic carbocycles. The zero-order valence-electron chi connectivity index (χ0n) is 8.32. The van der Waals surface area contributed by atoms with Crippen molar-refractivity contribution >= 4 is 10.9 Å². The second kappa shape index (κ2) is 3.62. The molecule has 2 aromatic rings. The molecule has 2 heterocycles. The molecule has 0 unspecified atom stereocenters. The SMILES string of the molecule is CCc1cc2cccnc2c(OC)n1. The van der Waals surface area contributed by atoms with Crippen LogP contribution in [-0.2, 0) is 6.42 Å². The molecule has 0 bridgehead atoms. The second-order valence-corrected chi connectivity index (χ2v) is 3.05. The van der Waals surface area contributed by atoms with E-state index in [1.165, 1.54) is 0 Å². The lowest BCUT2D eigenvalue weighted by molar-refractivity contribution is 0.401. The van der Waals surface area contributed by atoms with Crippen molar-refractivity contribution in [3.8, 4) is 5.88 Å². The van der Waals surface area contributed by atoms with Gasteiger partial charge in [-0.15, -0.1) is 0 Å². The predicted octanol–water partition coefficient (Wildman–Crippen LogP) is 2.20. The third kappa shape index (κ3) is 1.41. The lowest BCUT2D eigenvalue weighted by Gasteiger charge is -2.05. The summed E-state index contributed by atoms with van der Waals surface area (Å²) in [5.41, 5.74) is 1.86. The van der Waals surface area contributed by atoms with Crippen molar-refractivity contribution in [2.24, 2.45) is 0 Å². The fourth-order valence-corrected chi connectivity index (χ4v) is 1.43. The predicted molar refractivity (Wildman–Crippen MR) is 55.5 cm³/mol. The summed E-state index contributed by atoms with van der Waals surface area (Å²) >= 11 is 0. The summed E-state index contributed by atoms with van der Waals surface area (Å²) < 4.78 is 5.20. The first-order chi connectivity index (χ1) is 6.85. The molecule has 72 valence electrons. The Kier molecular flexibility index (Phi) is 2.31. The van der Waals surface area contributed by atoms with Crippen LogP contribution < -0.4 is 4.74 Å². The van der Waals surface area contributed by atoms with E-state index < -0.39 is 0 Å². The highest BCUT2D eigenvalue weighted by Crippen LogP contribution is 2.21. The van der Waals surface area contributed by atoms with Gasteiger partial charge in [-0.3, -0.25) is 4.98 Å². The van der Waals surface area contributed by atoms with Crippen molar-refractivity contribution < 1.29 is 4.74 Å². The first-order valence-electron chi connectivity index (χ1n) is 4.63. The third-order valence-corrected chi connectivity index (χ3v) is 2.16. The smallest absolute Gasteiger partial charge is 0.240 e. The van der Waals surface area contributed by atoms with Crippen LogP contribution in [0.1, 0.15) is 12.6 Å². The van der Waals surface area contributed by atoms with Crippen molar-refractivity contribution in [2.45, 2.75) is 13.3 Å². The summed E-state index contributed by atoms with van der Waals surface area (Å²) in [6.07, 6.45) is 2.65. The fourth-order valence-electron chi connectivity index (χ4n) is 1.43. The van der Waals surface area contributed by atoms with Crippen LogP contribution in [0.25, 0.3) is 10.9 Å². The van der Waals surface area contributed by atoms with E-state index in [4.69, 9.17) is 4.74 Å². The summed E-state index contributed by atoms with van der Waals surface area (Å²) in [5, 5.41) is 1.08. The number of nitrogens with zero attached hydrogens (tertiary/aromatic N) is 2. The summed E-state index contributed by atoms with van der Waals surface area (Å²) in [4.78, 5) is 8.59. The van der Waals surface area contributed by atoms with E-state index in [0.717, 1.165) is 23.0 Å². The van der Waals surface area contributed by atoms with Gasteiger partial charge in [0.15, 0.2) is 0 Å². The van der Waals surface area contributed by atoms with E-state index in [-0.39, 0.29) is 0 Å². The molecule has 0 aromatic carbocycles. The Morgan fingerprint density at radius 2 is 2.29 bits per heavy atom. The van der Waals surface area contributed by atoms with E-state index in [1.807, 2.05) is 18.2 Å². The molecule has 0 spiro atoms. The number of hydrogen-bond acceptors (Lipinski definition) is 3. The normalized spacial score (nSPS) is 10.4. The maximum atomic E-state index is 5.20. The minimum atomic E-state index is 0.611. The molecule has 0 N–H and O–H groups in total. The number of aryl methyl sites for hydroxylation is 1. The van der Waals surface area contributed by atoms with Gasteiger partial charge in [-0.25, -0.2) is 4.98 Å². The van der Waals surface area contributed by atoms with Crippen LogP contribution in [-0.4, -0.2) is 17.1 Å². The van der Waals surface area contributed by atoms with Crippen LogP contribution >= 0.6 is 0 Å². The Morgan fingerprint density at radius 1 is 1.43 bits per heavy atom. The van der Waals surface area contributed by atoms with Gasteiger partial charge in [0.2, 0.25) is 5.88 Å². The molecule has 2 rings (SSSR count). The van der Waals surface area contributed by atoms with Crippen molar-refractivity contribution in [1.29, 1.82) is 0 Å². The zero-order valence-corrected chi connectivity index (χ0v) is 8.32. The third-order valence-electron chi connectivity index (χ3n) is 2.16. The lowest BCUT2D eigenvalue weighted by Crippen LogP contribution is -1.95. The molecule has 2 aromatic heterocycles. The number of pyridine rings is 2. The number of fused-ring (bicyclic) bond motifs is 1. The van der Waals surface area contributed by atoms with Gasteiger partial charge in [-0.2, -0.15) is 0 Å². The molecule has 0 radical (unpaired) electrons. The van der Waals surface area contributed by atoms with Crippen LogP contribution in [0.3, 0.4) is 0 Å². The summed E-state index contributed by atoms with van der Waals surface area (Å²) in [6, 6.07) is 5.98. The summed E-state index contributed by atoms with van der Waals surface area (Å²) in [7, 11) is 1.62. The molecule has 0 atom stereocenters. The highest BCUT2D eigenvalue weighted by Gasteiger charge is 2.05. The van der Waals surface area contributed by atoms with Crippen LogP contribution in [0.4, 0.5) is 0 Å². The standard InChI is InChI=1S/C11H12N2O/c1-3-9-7-8-5-4-6-12-10(8)11(13-9)14-2/h4-7H,3H2,1-2H3. The van der Waals surface area contributed by atoms with Crippen molar-refractivity contribution in [1.82, 2.24) is 9.97 Å². The Balaban J connectivity index is 2.73. The first-order valence-corrected chi connectivity index (χ1v) is 4.63. The zero-order chi connectivity index (χ0) is 9.97. The number of ether oxygens (including phenoxy) is 1. The largest absolute Gasteiger partial charge is 0.479 e. The fraction of sp³-hybridized carbons (Fsp3) is 0.273. The van der Waals surface area contributed by atoms with E-state index in [2.05, 4.69) is 16.9 Å². The molecule has 14 heavy (non-hydrogen) atoms. The molecule has 0 saturated heterocycles. The van der Waals surface area contributed by atoms with Crippen LogP contribution in [0.2, 0.25) is 0 Å². The molecule has 0 saturated carbocycles. The quantitative estimate of drug-likeness (QED) is 0.724. The van der Waals surface area contributed by atoms with Gasteiger partial charge in [0.05, 0.1) is 7.11 Å². The van der Waals surface area contributed by atoms with Gasteiger partial charge >= 0.3 is 0 Å². The topological polar surface area (TPSA) is 35.0 Å². The molecule has 0 aliphatic rings. The lowest BCUT2D eigenvalue weighted by atomic mass is 10.2. The minimum Gasteiger partial charge on any atom is -0.479 e. The summed E-state index contributed by atoms with van der Waals surface area (Å²) in [5.74, 6) is 0.611. The van der Waals surface area contributed by atoms with Crippen LogP contribution in [0, 0.1) is 0 Å². The van der Waals surface area contributed by atoms with Crippen molar-refractivity contribution in [3.05, 3.63) is 30.1 Å². The Bertz CT molecular complexity index is 454. The first kappa shape index (κ1) is 8.94. The maximum absolute atomic E-state index is 5.20. The Hall–Kier alpha value is -1.64. The number of rotatable bonds is 2. The van der Waals surface area contributed by atoms with E-state index in [1.54, 1.807) is 13.3 Å². The van der Waals surface area contributed by atoms with E-state index in [0.29, 0.717) is 5.88 Å². The summed E-state index contributed by atoms with van der Waals surface area (Å²) in [6.45, 7) is 2.07. The average molecular weight is 188 g/mol. The number of hydrogen-bond donors (Lipinski definition) is 0. The van der Waals surface area contributed by atoms with E-state index in [9.17, 15) is 0 Å². The minimum absolute atomic E-state index is 0.611.